The van der Waals surface area contributed by atoms with Gasteiger partial charge in [-0.05, 0) is 62.7 Å². The molecule has 1 amide bonds. The maximum Gasteiger partial charge on any atom is 0.265 e. The van der Waals surface area contributed by atoms with Gasteiger partial charge < -0.3 is 10.1 Å². The van der Waals surface area contributed by atoms with Crippen molar-refractivity contribution in [3.05, 3.63) is 58.6 Å². The second kappa shape index (κ2) is 7.29. The third-order valence-electron chi connectivity index (χ3n) is 3.32. The lowest BCUT2D eigenvalue weighted by molar-refractivity contribution is -0.122. The Hall–Kier alpha value is -2.33. The molecule has 5 heteroatoms. The fourth-order valence-corrected chi connectivity index (χ4v) is 2.14. The van der Waals surface area contributed by atoms with Crippen molar-refractivity contribution < 1.29 is 14.3 Å². The first-order chi connectivity index (χ1) is 10.9. The maximum atomic E-state index is 12.2. The topological polar surface area (TPSA) is 55.4 Å². The summed E-state index contributed by atoms with van der Waals surface area (Å²) in [5.41, 5.74) is 2.20. The molecular weight excluding hydrogens is 314 g/mol. The van der Waals surface area contributed by atoms with Gasteiger partial charge in [-0.2, -0.15) is 0 Å². The van der Waals surface area contributed by atoms with Gasteiger partial charge in [0.1, 0.15) is 5.75 Å². The minimum absolute atomic E-state index is 0.0198. The molecule has 0 aliphatic carbocycles. The molecule has 0 aromatic heterocycles. The van der Waals surface area contributed by atoms with Crippen LogP contribution in [0.3, 0.4) is 0 Å². The van der Waals surface area contributed by atoms with Crippen molar-refractivity contribution in [2.45, 2.75) is 26.9 Å². The van der Waals surface area contributed by atoms with Gasteiger partial charge in [0, 0.05) is 11.3 Å². The van der Waals surface area contributed by atoms with Crippen molar-refractivity contribution in [2.24, 2.45) is 0 Å². The molecule has 2 aromatic rings. The number of carbonyl (C=O) groups is 2. The van der Waals surface area contributed by atoms with Gasteiger partial charge >= 0.3 is 0 Å². The summed E-state index contributed by atoms with van der Waals surface area (Å²) in [7, 11) is 0. The summed E-state index contributed by atoms with van der Waals surface area (Å²) in [5, 5.41) is 3.20. The molecule has 0 saturated carbocycles. The fraction of sp³-hybridized carbons (Fsp3) is 0.222. The van der Waals surface area contributed by atoms with Gasteiger partial charge in [0.2, 0.25) is 0 Å². The highest BCUT2D eigenvalue weighted by Crippen LogP contribution is 2.26. The molecule has 0 aliphatic rings. The molecule has 23 heavy (non-hydrogen) atoms. The molecule has 0 aliphatic heterocycles. The Labute approximate surface area is 140 Å². The summed E-state index contributed by atoms with van der Waals surface area (Å²) in [5.74, 6) is 0.160. The third kappa shape index (κ3) is 4.57. The van der Waals surface area contributed by atoms with Gasteiger partial charge in [-0.25, -0.2) is 0 Å². The Bertz CT molecular complexity index is 726. The highest BCUT2D eigenvalue weighted by molar-refractivity contribution is 6.32. The number of benzene rings is 2. The van der Waals surface area contributed by atoms with Crippen LogP contribution in [-0.4, -0.2) is 17.8 Å². The van der Waals surface area contributed by atoms with E-state index in [1.807, 2.05) is 13.0 Å². The van der Waals surface area contributed by atoms with Gasteiger partial charge in [-0.1, -0.05) is 17.7 Å². The summed E-state index contributed by atoms with van der Waals surface area (Å²) in [4.78, 5) is 23.4. The molecular formula is C18H18ClNO3. The number of ketones is 1. The van der Waals surface area contributed by atoms with E-state index < -0.39 is 6.10 Å². The van der Waals surface area contributed by atoms with Gasteiger partial charge in [-0.3, -0.25) is 9.59 Å². The molecule has 2 rings (SSSR count). The second-order valence-corrected chi connectivity index (χ2v) is 5.72. The van der Waals surface area contributed by atoms with Crippen molar-refractivity contribution in [3.8, 4) is 5.75 Å². The lowest BCUT2D eigenvalue weighted by Crippen LogP contribution is -2.30. The van der Waals surface area contributed by atoms with Gasteiger partial charge in [0.15, 0.2) is 11.9 Å². The van der Waals surface area contributed by atoms with Crippen LogP contribution in [0.25, 0.3) is 0 Å². The molecule has 1 N–H and O–H groups in total. The lowest BCUT2D eigenvalue weighted by atomic mass is 10.1. The molecule has 0 heterocycles. The van der Waals surface area contributed by atoms with Crippen molar-refractivity contribution in [3.63, 3.8) is 0 Å². The minimum Gasteiger partial charge on any atom is -0.479 e. The summed E-state index contributed by atoms with van der Waals surface area (Å²) in [6.07, 6.45) is -0.707. The van der Waals surface area contributed by atoms with Crippen LogP contribution in [0.5, 0.6) is 5.75 Å². The van der Waals surface area contributed by atoms with Crippen molar-refractivity contribution in [2.75, 3.05) is 5.32 Å². The maximum absolute atomic E-state index is 12.2. The summed E-state index contributed by atoms with van der Waals surface area (Å²) >= 11 is 6.06. The summed E-state index contributed by atoms with van der Waals surface area (Å²) in [6.45, 7) is 5.07. The number of ether oxygens (including phenoxy) is 1. The fourth-order valence-electron chi connectivity index (χ4n) is 1.98. The van der Waals surface area contributed by atoms with E-state index in [4.69, 9.17) is 16.3 Å². The van der Waals surface area contributed by atoms with E-state index in [0.717, 1.165) is 5.56 Å². The first-order valence-electron chi connectivity index (χ1n) is 7.21. The van der Waals surface area contributed by atoms with Crippen LogP contribution >= 0.6 is 11.6 Å². The first kappa shape index (κ1) is 17.0. The van der Waals surface area contributed by atoms with E-state index in [9.17, 15) is 9.59 Å². The zero-order valence-electron chi connectivity index (χ0n) is 13.2. The Morgan fingerprint density at radius 2 is 1.78 bits per heavy atom. The molecule has 0 spiro atoms. The number of hydrogen-bond donors (Lipinski definition) is 1. The second-order valence-electron chi connectivity index (χ2n) is 5.32. The van der Waals surface area contributed by atoms with Gasteiger partial charge in [-0.15, -0.1) is 0 Å². The Morgan fingerprint density at radius 3 is 2.39 bits per heavy atom. The van der Waals surface area contributed by atoms with E-state index in [0.29, 0.717) is 22.0 Å². The molecule has 1 unspecified atom stereocenters. The molecule has 120 valence electrons. The number of hydrogen-bond acceptors (Lipinski definition) is 3. The number of Topliss-reactive ketones (excluding diaryl/α,β-unsaturated/α-hetero) is 1. The van der Waals surface area contributed by atoms with Crippen molar-refractivity contribution in [1.82, 2.24) is 0 Å². The molecule has 4 nitrogen and oxygen atoms in total. The zero-order chi connectivity index (χ0) is 17.0. The van der Waals surface area contributed by atoms with E-state index >= 15 is 0 Å². The molecule has 0 saturated heterocycles. The molecule has 0 radical (unpaired) electrons. The van der Waals surface area contributed by atoms with Crippen molar-refractivity contribution in [1.29, 1.82) is 0 Å². The van der Waals surface area contributed by atoms with Crippen LogP contribution in [-0.2, 0) is 4.79 Å². The van der Waals surface area contributed by atoms with Gasteiger partial charge in [0.05, 0.1) is 5.02 Å². The van der Waals surface area contributed by atoms with Gasteiger partial charge in [0.25, 0.3) is 5.91 Å². The Balaban J connectivity index is 2.02. The smallest absolute Gasteiger partial charge is 0.265 e. The molecule has 1 atom stereocenters. The standard InChI is InChI=1S/C18H18ClNO3/c1-11-4-9-16(19)17(10-11)23-13(3)18(22)20-15-7-5-14(6-8-15)12(2)21/h4-10,13H,1-3H3,(H,20,22). The number of aryl methyl sites for hydroxylation is 1. The number of nitrogens with one attached hydrogen (secondary N) is 1. The Kier molecular flexibility index (Phi) is 5.40. The zero-order valence-corrected chi connectivity index (χ0v) is 14.0. The monoisotopic (exact) mass is 331 g/mol. The van der Waals surface area contributed by atoms with Crippen LogP contribution < -0.4 is 10.1 Å². The largest absolute Gasteiger partial charge is 0.479 e. The summed E-state index contributed by atoms with van der Waals surface area (Å²) in [6, 6.07) is 12.1. The molecule has 0 fully saturated rings. The molecule has 2 aromatic carbocycles. The average Bonchev–Trinajstić information content (AvgIpc) is 2.51. The van der Waals surface area contributed by atoms with E-state index in [2.05, 4.69) is 5.32 Å². The third-order valence-corrected chi connectivity index (χ3v) is 3.63. The van der Waals surface area contributed by atoms with Crippen LogP contribution in [0.1, 0.15) is 29.8 Å². The predicted octanol–water partition coefficient (Wildman–Crippen LogP) is 4.26. The van der Waals surface area contributed by atoms with E-state index in [-0.39, 0.29) is 11.7 Å². The van der Waals surface area contributed by atoms with E-state index in [1.54, 1.807) is 43.3 Å². The highest BCUT2D eigenvalue weighted by Gasteiger charge is 2.16. The Morgan fingerprint density at radius 1 is 1.13 bits per heavy atom. The average molecular weight is 332 g/mol. The van der Waals surface area contributed by atoms with Crippen LogP contribution in [0.2, 0.25) is 5.02 Å². The quantitative estimate of drug-likeness (QED) is 0.833. The summed E-state index contributed by atoms with van der Waals surface area (Å²) < 4.78 is 5.62. The normalized spacial score (nSPS) is 11.7. The van der Waals surface area contributed by atoms with Crippen molar-refractivity contribution >= 4 is 29.0 Å². The number of carbonyl (C=O) groups excluding carboxylic acids is 2. The number of halogens is 1. The SMILES string of the molecule is CC(=O)c1ccc(NC(=O)C(C)Oc2cc(C)ccc2Cl)cc1. The number of anilines is 1. The van der Waals surface area contributed by atoms with Crippen LogP contribution in [0, 0.1) is 6.92 Å². The number of amides is 1. The first-order valence-corrected chi connectivity index (χ1v) is 7.59. The minimum atomic E-state index is -0.707. The number of rotatable bonds is 5. The highest BCUT2D eigenvalue weighted by atomic mass is 35.5. The lowest BCUT2D eigenvalue weighted by Gasteiger charge is -2.16. The predicted molar refractivity (Wildman–Crippen MR) is 91.4 cm³/mol. The van der Waals surface area contributed by atoms with Crippen LogP contribution in [0.15, 0.2) is 42.5 Å². The van der Waals surface area contributed by atoms with Crippen LogP contribution in [0.4, 0.5) is 5.69 Å². The van der Waals surface area contributed by atoms with E-state index in [1.165, 1.54) is 6.92 Å². The molecule has 0 bridgehead atoms.